The van der Waals surface area contributed by atoms with Gasteiger partial charge in [0, 0.05) is 6.26 Å². The Morgan fingerprint density at radius 3 is 1.42 bits per heavy atom. The van der Waals surface area contributed by atoms with E-state index in [2.05, 4.69) is 30.1 Å². The lowest BCUT2D eigenvalue weighted by Crippen LogP contribution is -2.55. The number of nitrogen functional groups attached to an aromatic ring is 2. The molecule has 0 bridgehead atoms. The molecular formula is C66H70Cl2N10O12S2. The molecule has 6 aromatic carbocycles. The first-order valence-electron chi connectivity index (χ1n) is 29.1. The number of hydrogen-bond donors (Lipinski definition) is 4. The van der Waals surface area contributed by atoms with Crippen LogP contribution in [0.15, 0.2) is 205 Å². The Hall–Kier alpha value is -7.50. The second kappa shape index (κ2) is 31.0. The molecule has 8 atom stereocenters. The second-order valence-corrected chi connectivity index (χ2v) is 25.1. The number of anilines is 2. The van der Waals surface area contributed by atoms with Gasteiger partial charge in [0.25, 0.3) is 5.16 Å². The van der Waals surface area contributed by atoms with Crippen molar-refractivity contribution in [2.45, 2.75) is 105 Å². The van der Waals surface area contributed by atoms with Gasteiger partial charge in [0.1, 0.15) is 41.9 Å². The summed E-state index contributed by atoms with van der Waals surface area (Å²) in [6.07, 6.45) is 1.33. The number of benzene rings is 6. The van der Waals surface area contributed by atoms with E-state index in [0.29, 0.717) is 24.0 Å². The SMILES string of the molecule is CS(=O)(=O)c1nc(N)c2ncc(C3(O)O[C@H](COCc4ccccc4)[C@@H](OCc4ccccc4)[C@H]3OCc3ccccc3)n2n1.CSc1nc(N)c2ncc(C3(O)O[C@H](COCc4ccccc4)[C@@H](OCc4ccccc4)[C@@]3(C)OCc3ccccc3)n2n1.ClCCl. The van der Waals surface area contributed by atoms with Gasteiger partial charge in [-0.05, 0) is 46.6 Å². The van der Waals surface area contributed by atoms with Crippen molar-refractivity contribution in [2.75, 3.05) is 42.5 Å². The molecule has 2 unspecified atom stereocenters. The third-order valence-corrected chi connectivity index (χ3v) is 16.6. The van der Waals surface area contributed by atoms with Crippen LogP contribution in [-0.4, -0.2) is 125 Å². The number of halogens is 2. The van der Waals surface area contributed by atoms with Gasteiger partial charge in [-0.1, -0.05) is 194 Å². The van der Waals surface area contributed by atoms with Crippen LogP contribution in [0.4, 0.5) is 11.6 Å². The maximum Gasteiger partial charge on any atom is 0.267 e. The smallest absolute Gasteiger partial charge is 0.267 e. The molecule has 2 aliphatic rings. The van der Waals surface area contributed by atoms with E-state index in [-0.39, 0.29) is 73.7 Å². The molecular weight excluding hydrogens is 1260 g/mol. The first-order chi connectivity index (χ1) is 44.5. The van der Waals surface area contributed by atoms with Gasteiger partial charge in [-0.3, -0.25) is 0 Å². The highest BCUT2D eigenvalue weighted by Gasteiger charge is 2.67. The Labute approximate surface area is 546 Å². The van der Waals surface area contributed by atoms with E-state index in [1.165, 1.54) is 28.7 Å². The molecule has 92 heavy (non-hydrogen) atoms. The Morgan fingerprint density at radius 1 is 0.554 bits per heavy atom. The summed E-state index contributed by atoms with van der Waals surface area (Å²) in [6.45, 7) is 3.41. The van der Waals surface area contributed by atoms with Crippen molar-refractivity contribution in [3.05, 3.63) is 239 Å². The molecule has 4 aromatic heterocycles. The van der Waals surface area contributed by atoms with Crippen LogP contribution >= 0.6 is 35.0 Å². The Kier molecular flexibility index (Phi) is 22.7. The molecule has 0 aliphatic carbocycles. The van der Waals surface area contributed by atoms with Gasteiger partial charge in [0.05, 0.1) is 70.6 Å². The van der Waals surface area contributed by atoms with E-state index in [1.54, 1.807) is 6.92 Å². The topological polar surface area (TPSA) is 287 Å². The summed E-state index contributed by atoms with van der Waals surface area (Å²) in [6, 6.07) is 58.2. The van der Waals surface area contributed by atoms with Crippen LogP contribution < -0.4 is 11.5 Å². The highest BCUT2D eigenvalue weighted by Crippen LogP contribution is 2.50. The normalized spacial score (nSPS) is 22.0. The lowest BCUT2D eigenvalue weighted by Gasteiger charge is -2.39. The van der Waals surface area contributed by atoms with Crippen LogP contribution in [0.1, 0.15) is 51.7 Å². The molecule has 0 saturated carbocycles. The third-order valence-electron chi connectivity index (χ3n) is 15.2. The molecule has 10 aromatic rings. The molecule has 26 heteroatoms. The predicted octanol–water partition coefficient (Wildman–Crippen LogP) is 9.21. The van der Waals surface area contributed by atoms with E-state index >= 15 is 0 Å². The first kappa shape index (κ1) is 67.4. The number of hydrogen-bond acceptors (Lipinski definition) is 21. The minimum Gasteiger partial charge on any atom is -0.380 e. The van der Waals surface area contributed by atoms with E-state index in [1.807, 2.05) is 188 Å². The van der Waals surface area contributed by atoms with Gasteiger partial charge < -0.3 is 59.6 Å². The summed E-state index contributed by atoms with van der Waals surface area (Å²) in [5.74, 6) is -4.28. The molecule has 12 rings (SSSR count). The van der Waals surface area contributed by atoms with Crippen molar-refractivity contribution < 1.29 is 56.5 Å². The largest absolute Gasteiger partial charge is 0.380 e. The lowest BCUT2D eigenvalue weighted by molar-refractivity contribution is -0.294. The van der Waals surface area contributed by atoms with Crippen molar-refractivity contribution in [3.8, 4) is 0 Å². The van der Waals surface area contributed by atoms with Gasteiger partial charge in [-0.2, -0.15) is 4.98 Å². The average Bonchev–Trinajstić information content (AvgIpc) is 1.56. The van der Waals surface area contributed by atoms with Gasteiger partial charge in [-0.25, -0.2) is 32.4 Å². The molecule has 2 aliphatic heterocycles. The molecule has 0 spiro atoms. The molecule has 22 nitrogen and oxygen atoms in total. The summed E-state index contributed by atoms with van der Waals surface area (Å²) >= 11 is 10.9. The summed E-state index contributed by atoms with van der Waals surface area (Å²) in [7, 11) is -3.86. The fraction of sp³-hybridized carbons (Fsp3) is 0.303. The van der Waals surface area contributed by atoms with Crippen LogP contribution in [0.2, 0.25) is 0 Å². The van der Waals surface area contributed by atoms with Gasteiger partial charge in [-0.15, -0.1) is 33.4 Å². The predicted molar refractivity (Wildman–Crippen MR) is 346 cm³/mol. The highest BCUT2D eigenvalue weighted by atomic mass is 35.5. The van der Waals surface area contributed by atoms with Crippen LogP contribution in [0.5, 0.6) is 0 Å². The second-order valence-electron chi connectivity index (χ2n) is 21.6. The van der Waals surface area contributed by atoms with Gasteiger partial charge in [0.2, 0.25) is 26.6 Å². The summed E-state index contributed by atoms with van der Waals surface area (Å²) < 4.78 is 78.6. The quantitative estimate of drug-likeness (QED) is 0.0324. The molecule has 482 valence electrons. The van der Waals surface area contributed by atoms with Crippen molar-refractivity contribution >= 4 is 67.7 Å². The Morgan fingerprint density at radius 2 is 0.957 bits per heavy atom. The minimum absolute atomic E-state index is 0.00608. The third kappa shape index (κ3) is 15.8. The summed E-state index contributed by atoms with van der Waals surface area (Å²) in [4.78, 5) is 16.9. The number of sulfone groups is 1. The van der Waals surface area contributed by atoms with Crippen LogP contribution in [0.3, 0.4) is 0 Å². The maximum absolute atomic E-state index is 12.7. The van der Waals surface area contributed by atoms with Crippen molar-refractivity contribution in [1.82, 2.24) is 39.2 Å². The zero-order valence-corrected chi connectivity index (χ0v) is 53.7. The van der Waals surface area contributed by atoms with Crippen LogP contribution in [0.25, 0.3) is 11.3 Å². The molecule has 0 amide bonds. The van der Waals surface area contributed by atoms with Crippen molar-refractivity contribution in [2.24, 2.45) is 0 Å². The Bertz CT molecular complexity index is 4070. The van der Waals surface area contributed by atoms with Crippen LogP contribution in [0, 0.1) is 0 Å². The fourth-order valence-corrected chi connectivity index (χ4v) is 11.5. The van der Waals surface area contributed by atoms with E-state index in [0.717, 1.165) is 44.2 Å². The van der Waals surface area contributed by atoms with Crippen LogP contribution in [-0.2, 0) is 98.9 Å². The Balaban J connectivity index is 0.000000193. The van der Waals surface area contributed by atoms with E-state index in [4.69, 9.17) is 72.6 Å². The summed E-state index contributed by atoms with van der Waals surface area (Å²) in [5.41, 5.74) is 17.1. The van der Waals surface area contributed by atoms with E-state index < -0.39 is 62.7 Å². The summed E-state index contributed by atoms with van der Waals surface area (Å²) in [5, 5.41) is 34.0. The zero-order valence-electron chi connectivity index (χ0n) is 50.5. The number of alkyl halides is 2. The maximum atomic E-state index is 12.7. The number of aromatic nitrogens is 8. The van der Waals surface area contributed by atoms with E-state index in [9.17, 15) is 18.6 Å². The molecule has 6 N–H and O–H groups in total. The number of fused-ring (bicyclic) bond motifs is 2. The molecule has 2 fully saturated rings. The number of thioether (sulfide) groups is 1. The monoisotopic (exact) mass is 1330 g/mol. The first-order valence-corrected chi connectivity index (χ1v) is 33.3. The van der Waals surface area contributed by atoms with Gasteiger partial charge >= 0.3 is 0 Å². The van der Waals surface area contributed by atoms with Gasteiger partial charge in [0.15, 0.2) is 28.5 Å². The number of aliphatic hydroxyl groups is 2. The average molecular weight is 1330 g/mol. The zero-order chi connectivity index (χ0) is 64.7. The lowest BCUT2D eigenvalue weighted by atomic mass is 9.87. The molecule has 0 radical (unpaired) electrons. The minimum atomic E-state index is -3.86. The standard InChI is InChI=1S/C33H35N5O5S.C32H33N5O7S.CH2Cl2/c1-32(42-21-25-16-10-5-11-17-25)28(41-20-24-14-8-4-9-15-24)26(22-40-19-23-12-6-3-7-13-23)43-33(32,39)27-18-35-30-29(34)36-31(44-2)37-38(27)30;1-45(39,40)31-35-29(33)30-34-17-26(37(30)36-31)32(38)28(43-20-24-15-9-4-10-16-24)27(42-19-23-13-7-3-8-14-23)25(44-32)21-41-18-22-11-5-2-6-12-22;2-1-3/h3-18,26,28,39H,19-22H2,1-2H3,(H2,34,36,37);2-17,25,27-28,38H,18-21H2,1H3,(H2,33,35,36);1H2/t26-,28-,32-,33?;25-,27-,28-,32?;/m11./s1. The fourth-order valence-electron chi connectivity index (χ4n) is 10.7. The number of imidazole rings is 2. The number of rotatable bonds is 24. The highest BCUT2D eigenvalue weighted by molar-refractivity contribution is 7.98. The number of nitrogens with two attached hydrogens (primary N) is 2. The number of nitrogens with zero attached hydrogens (tertiary/aromatic N) is 8. The molecule has 6 heterocycles. The van der Waals surface area contributed by atoms with Crippen molar-refractivity contribution in [3.63, 3.8) is 0 Å². The van der Waals surface area contributed by atoms with Crippen molar-refractivity contribution in [1.29, 1.82) is 0 Å². The molecule has 2 saturated heterocycles. The number of ether oxygens (including phenoxy) is 8.